The van der Waals surface area contributed by atoms with E-state index >= 15 is 0 Å². The number of carboxylic acids is 1. The number of halogens is 1. The molecule has 134 valence electrons. The molecule has 2 heterocycles. The Bertz CT molecular complexity index is 763. The number of aliphatic carboxylic acids is 1. The van der Waals surface area contributed by atoms with Gasteiger partial charge in [0.2, 0.25) is 0 Å². The van der Waals surface area contributed by atoms with Crippen molar-refractivity contribution < 1.29 is 19.4 Å². The highest BCUT2D eigenvalue weighted by Crippen LogP contribution is 2.41. The van der Waals surface area contributed by atoms with E-state index in [0.717, 1.165) is 23.4 Å². The van der Waals surface area contributed by atoms with Gasteiger partial charge >= 0.3 is 5.97 Å². The summed E-state index contributed by atoms with van der Waals surface area (Å²) in [5.74, 6) is 0.481. The van der Waals surface area contributed by atoms with Gasteiger partial charge in [0.25, 0.3) is 0 Å². The number of carbonyl (C=O) groups is 1. The lowest BCUT2D eigenvalue weighted by Gasteiger charge is -2.31. The summed E-state index contributed by atoms with van der Waals surface area (Å²) in [7, 11) is 3.18. The molecule has 1 aliphatic rings. The predicted octanol–water partition coefficient (Wildman–Crippen LogP) is 4.06. The second kappa shape index (κ2) is 7.64. The summed E-state index contributed by atoms with van der Waals surface area (Å²) < 4.78 is 11.4. The summed E-state index contributed by atoms with van der Waals surface area (Å²) in [6.07, 6.45) is 1.51. The Hall–Kier alpha value is -1.76. The molecule has 0 amide bonds. The molecule has 1 aromatic heterocycles. The van der Waals surface area contributed by atoms with E-state index in [1.165, 1.54) is 11.3 Å². The lowest BCUT2D eigenvalue weighted by molar-refractivity contribution is -0.142. The van der Waals surface area contributed by atoms with Crippen LogP contribution in [-0.4, -0.2) is 42.8 Å². The third-order valence-corrected chi connectivity index (χ3v) is 5.78. The molecule has 1 N–H and O–H groups in total. The number of benzene rings is 1. The van der Waals surface area contributed by atoms with Crippen molar-refractivity contribution in [3.63, 3.8) is 0 Å². The van der Waals surface area contributed by atoms with E-state index in [2.05, 4.69) is 0 Å². The third-order valence-electron chi connectivity index (χ3n) is 4.50. The number of ether oxygens (including phenoxy) is 2. The number of rotatable bonds is 6. The van der Waals surface area contributed by atoms with Crippen LogP contribution in [0.4, 0.5) is 0 Å². The van der Waals surface area contributed by atoms with E-state index in [-0.39, 0.29) is 6.04 Å². The van der Waals surface area contributed by atoms with Crippen molar-refractivity contribution in [1.29, 1.82) is 0 Å². The maximum Gasteiger partial charge on any atom is 0.320 e. The summed E-state index contributed by atoms with van der Waals surface area (Å²) in [5.41, 5.74) is 0.962. The number of methoxy groups -OCH3 is 2. The molecule has 1 aliphatic heterocycles. The van der Waals surface area contributed by atoms with Crippen molar-refractivity contribution in [1.82, 2.24) is 4.90 Å². The minimum Gasteiger partial charge on any atom is -0.493 e. The highest BCUT2D eigenvalue weighted by atomic mass is 35.5. The summed E-state index contributed by atoms with van der Waals surface area (Å²) in [5, 5.41) is 9.61. The molecule has 2 atom stereocenters. The Labute approximate surface area is 155 Å². The average Bonchev–Trinajstić information content (AvgIpc) is 3.24. The van der Waals surface area contributed by atoms with E-state index in [0.29, 0.717) is 22.3 Å². The lowest BCUT2D eigenvalue weighted by atomic mass is 10.0. The normalized spacial score (nSPS) is 18.9. The van der Waals surface area contributed by atoms with Crippen molar-refractivity contribution in [3.05, 3.63) is 45.1 Å². The number of nitrogens with zero attached hydrogens (tertiary/aromatic N) is 1. The van der Waals surface area contributed by atoms with Crippen LogP contribution in [0.15, 0.2) is 30.3 Å². The zero-order valence-electron chi connectivity index (χ0n) is 14.1. The van der Waals surface area contributed by atoms with Crippen LogP contribution in [0.25, 0.3) is 0 Å². The maximum atomic E-state index is 11.7. The van der Waals surface area contributed by atoms with Gasteiger partial charge in [0.15, 0.2) is 11.5 Å². The van der Waals surface area contributed by atoms with E-state index in [1.54, 1.807) is 14.2 Å². The molecule has 0 saturated carbocycles. The summed E-state index contributed by atoms with van der Waals surface area (Å²) in [4.78, 5) is 14.8. The fourth-order valence-electron chi connectivity index (χ4n) is 3.38. The van der Waals surface area contributed by atoms with Gasteiger partial charge in [-0.3, -0.25) is 9.69 Å². The van der Waals surface area contributed by atoms with Gasteiger partial charge in [-0.1, -0.05) is 17.7 Å². The zero-order valence-corrected chi connectivity index (χ0v) is 15.6. The van der Waals surface area contributed by atoms with Crippen LogP contribution in [-0.2, 0) is 4.79 Å². The quantitative estimate of drug-likeness (QED) is 0.817. The van der Waals surface area contributed by atoms with Crippen LogP contribution in [0.3, 0.4) is 0 Å². The molecule has 2 unspecified atom stereocenters. The SMILES string of the molecule is COc1ccc(C(c2ccc(Cl)s2)N2CCCC2C(=O)O)cc1OC. The van der Waals surface area contributed by atoms with Crippen LogP contribution >= 0.6 is 22.9 Å². The van der Waals surface area contributed by atoms with Crippen LogP contribution in [0, 0.1) is 0 Å². The van der Waals surface area contributed by atoms with Gasteiger partial charge in [0, 0.05) is 11.4 Å². The first-order chi connectivity index (χ1) is 12.0. The van der Waals surface area contributed by atoms with Crippen LogP contribution < -0.4 is 9.47 Å². The largest absolute Gasteiger partial charge is 0.493 e. The Morgan fingerprint density at radius 1 is 1.28 bits per heavy atom. The Morgan fingerprint density at radius 2 is 2.04 bits per heavy atom. The smallest absolute Gasteiger partial charge is 0.320 e. The molecule has 0 radical (unpaired) electrons. The van der Waals surface area contributed by atoms with Gasteiger partial charge < -0.3 is 14.6 Å². The molecule has 2 aromatic rings. The highest BCUT2D eigenvalue weighted by Gasteiger charge is 2.37. The van der Waals surface area contributed by atoms with Crippen molar-refractivity contribution in [2.45, 2.75) is 24.9 Å². The van der Waals surface area contributed by atoms with Gasteiger partial charge in [-0.15, -0.1) is 11.3 Å². The Kier molecular flexibility index (Phi) is 5.51. The molecule has 3 rings (SSSR count). The van der Waals surface area contributed by atoms with E-state index in [9.17, 15) is 9.90 Å². The minimum atomic E-state index is -0.786. The monoisotopic (exact) mass is 381 g/mol. The van der Waals surface area contributed by atoms with Crippen LogP contribution in [0.2, 0.25) is 4.34 Å². The van der Waals surface area contributed by atoms with E-state index in [1.807, 2.05) is 35.2 Å². The lowest BCUT2D eigenvalue weighted by Crippen LogP contribution is -2.39. The number of thiophene rings is 1. The summed E-state index contributed by atoms with van der Waals surface area (Å²) in [6, 6.07) is 8.85. The van der Waals surface area contributed by atoms with Gasteiger partial charge in [-0.05, 0) is 42.7 Å². The third kappa shape index (κ3) is 3.61. The molecule has 1 fully saturated rings. The highest BCUT2D eigenvalue weighted by molar-refractivity contribution is 7.16. The summed E-state index contributed by atoms with van der Waals surface area (Å²) in [6.45, 7) is 0.728. The first-order valence-electron chi connectivity index (χ1n) is 8.01. The second-order valence-electron chi connectivity index (χ2n) is 5.89. The fraction of sp³-hybridized carbons (Fsp3) is 0.389. The van der Waals surface area contributed by atoms with Gasteiger partial charge in [-0.2, -0.15) is 0 Å². The molecule has 7 heteroatoms. The number of hydrogen-bond acceptors (Lipinski definition) is 5. The van der Waals surface area contributed by atoms with Crippen molar-refractivity contribution in [3.8, 4) is 11.5 Å². The average molecular weight is 382 g/mol. The molecular formula is C18H20ClNO4S. The molecular weight excluding hydrogens is 362 g/mol. The Morgan fingerprint density at radius 3 is 2.64 bits per heavy atom. The predicted molar refractivity (Wildman–Crippen MR) is 98.1 cm³/mol. The molecule has 1 aromatic carbocycles. The molecule has 0 aliphatic carbocycles. The van der Waals surface area contributed by atoms with Crippen molar-refractivity contribution >= 4 is 28.9 Å². The maximum absolute atomic E-state index is 11.7. The molecule has 0 bridgehead atoms. The second-order valence-corrected chi connectivity index (χ2v) is 7.64. The topological polar surface area (TPSA) is 59.0 Å². The molecule has 1 saturated heterocycles. The number of carboxylic acid groups (broad SMARTS) is 1. The minimum absolute atomic E-state index is 0.180. The van der Waals surface area contributed by atoms with E-state index in [4.69, 9.17) is 21.1 Å². The van der Waals surface area contributed by atoms with Gasteiger partial charge in [0.1, 0.15) is 6.04 Å². The fourth-order valence-corrected chi connectivity index (χ4v) is 4.59. The molecule has 25 heavy (non-hydrogen) atoms. The van der Waals surface area contributed by atoms with Crippen LogP contribution in [0.1, 0.15) is 29.3 Å². The van der Waals surface area contributed by atoms with E-state index < -0.39 is 12.0 Å². The first kappa shape index (κ1) is 18.0. The van der Waals surface area contributed by atoms with Crippen molar-refractivity contribution in [2.75, 3.05) is 20.8 Å². The van der Waals surface area contributed by atoms with Gasteiger partial charge in [-0.25, -0.2) is 0 Å². The standard InChI is InChI=1S/C18H20ClNO4S/c1-23-13-6-5-11(10-14(13)24-2)17(15-7-8-16(19)25-15)20-9-3-4-12(20)18(21)22/h5-8,10,12,17H,3-4,9H2,1-2H3,(H,21,22). The number of likely N-dealkylation sites (tertiary alicyclic amines) is 1. The summed E-state index contributed by atoms with van der Waals surface area (Å²) >= 11 is 7.62. The van der Waals surface area contributed by atoms with Crippen LogP contribution in [0.5, 0.6) is 11.5 Å². The zero-order chi connectivity index (χ0) is 18.0. The van der Waals surface area contributed by atoms with Gasteiger partial charge in [0.05, 0.1) is 24.6 Å². The van der Waals surface area contributed by atoms with Crippen molar-refractivity contribution in [2.24, 2.45) is 0 Å². The number of hydrogen-bond donors (Lipinski definition) is 1. The molecule has 0 spiro atoms. The Balaban J connectivity index is 2.07. The first-order valence-corrected chi connectivity index (χ1v) is 9.20. The molecule has 5 nitrogen and oxygen atoms in total.